The molecule has 2 N–H and O–H groups in total. The maximum absolute atomic E-state index is 13.8. The highest BCUT2D eigenvalue weighted by Gasteiger charge is 2.79. The van der Waals surface area contributed by atoms with Gasteiger partial charge < -0.3 is 33.9 Å². The van der Waals surface area contributed by atoms with Crippen LogP contribution in [0.5, 0.6) is 11.5 Å². The zero-order valence-corrected chi connectivity index (χ0v) is 26.6. The number of phenolic OH excluding ortho intramolecular Hbond substituents is 1. The van der Waals surface area contributed by atoms with Crippen LogP contribution in [0.1, 0.15) is 44.7 Å². The highest BCUT2D eigenvalue weighted by atomic mass is 16.9. The van der Waals surface area contributed by atoms with E-state index < -0.39 is 46.7 Å². The number of benzene rings is 2. The van der Waals surface area contributed by atoms with E-state index in [0.29, 0.717) is 35.3 Å². The molecule has 7 rings (SSSR count). The van der Waals surface area contributed by atoms with Gasteiger partial charge in [0.05, 0.1) is 25.6 Å². The molecule has 2 aliphatic heterocycles. The number of hydrogen-bond acceptors (Lipinski definition) is 9. The van der Waals surface area contributed by atoms with Crippen LogP contribution >= 0.6 is 0 Å². The van der Waals surface area contributed by atoms with Gasteiger partial charge in [0, 0.05) is 29.9 Å². The summed E-state index contributed by atoms with van der Waals surface area (Å²) in [5, 5.41) is 22.2. The highest BCUT2D eigenvalue weighted by Crippen LogP contribution is 2.68. The van der Waals surface area contributed by atoms with Crippen molar-refractivity contribution in [2.75, 3.05) is 13.7 Å². The Bertz CT molecular complexity index is 1680. The van der Waals surface area contributed by atoms with Crippen molar-refractivity contribution in [2.45, 2.75) is 75.3 Å². The topological polar surface area (TPSA) is 121 Å². The van der Waals surface area contributed by atoms with Crippen LogP contribution in [0.2, 0.25) is 0 Å². The zero-order chi connectivity index (χ0) is 32.6. The predicted molar refractivity (Wildman–Crippen MR) is 167 cm³/mol. The maximum Gasteiger partial charge on any atom is 0.310 e. The number of aromatic hydroxyl groups is 1. The van der Waals surface area contributed by atoms with Gasteiger partial charge in [-0.15, -0.1) is 0 Å². The lowest BCUT2D eigenvalue weighted by atomic mass is 9.55. The van der Waals surface area contributed by atoms with Crippen molar-refractivity contribution in [2.24, 2.45) is 17.8 Å². The lowest BCUT2D eigenvalue weighted by Gasteiger charge is -2.59. The molecule has 3 bridgehead atoms. The van der Waals surface area contributed by atoms with Crippen molar-refractivity contribution in [3.8, 4) is 11.5 Å². The maximum atomic E-state index is 13.8. The number of aliphatic hydroxyl groups is 1. The van der Waals surface area contributed by atoms with Crippen molar-refractivity contribution < 1.29 is 43.5 Å². The Hall–Kier alpha value is -3.76. The van der Waals surface area contributed by atoms with Gasteiger partial charge in [0.1, 0.15) is 35.4 Å². The number of carbonyl (C=O) groups is 2. The van der Waals surface area contributed by atoms with Gasteiger partial charge in [-0.1, -0.05) is 62.1 Å². The molecule has 1 saturated carbocycles. The van der Waals surface area contributed by atoms with E-state index in [2.05, 4.69) is 13.5 Å². The fraction of sp³-hybridized carbons (Fsp3) is 0.459. The number of methoxy groups -OCH3 is 1. The van der Waals surface area contributed by atoms with Gasteiger partial charge in [0.2, 0.25) is 0 Å². The van der Waals surface area contributed by atoms with Crippen LogP contribution in [0.3, 0.4) is 0 Å². The van der Waals surface area contributed by atoms with Crippen LogP contribution in [0, 0.1) is 17.8 Å². The molecule has 8 atom stereocenters. The van der Waals surface area contributed by atoms with Crippen molar-refractivity contribution >= 4 is 11.8 Å². The fourth-order valence-corrected chi connectivity index (χ4v) is 8.75. The van der Waals surface area contributed by atoms with Crippen LogP contribution in [-0.2, 0) is 41.4 Å². The second kappa shape index (κ2) is 10.6. The first-order valence-corrected chi connectivity index (χ1v) is 15.8. The van der Waals surface area contributed by atoms with Crippen molar-refractivity contribution in [3.63, 3.8) is 0 Å². The molecule has 3 fully saturated rings. The van der Waals surface area contributed by atoms with Crippen LogP contribution < -0.4 is 4.74 Å². The number of carbonyl (C=O) groups excluding carboxylic acids is 2. The predicted octanol–water partition coefficient (Wildman–Crippen LogP) is 4.74. The molecule has 3 aliphatic carbocycles. The molecule has 2 aromatic carbocycles. The molecular formula is C37H40O9. The number of hydrogen-bond donors (Lipinski definition) is 2. The molecule has 0 amide bonds. The molecule has 8 unspecified atom stereocenters. The molecule has 242 valence electrons. The number of rotatable bonds is 8. The summed E-state index contributed by atoms with van der Waals surface area (Å²) in [5.41, 5.74) is -0.310. The van der Waals surface area contributed by atoms with E-state index in [9.17, 15) is 19.8 Å². The van der Waals surface area contributed by atoms with Gasteiger partial charge in [-0.05, 0) is 54.5 Å². The summed E-state index contributed by atoms with van der Waals surface area (Å²) in [6, 6.07) is 14.4. The average Bonchev–Trinajstić information content (AvgIpc) is 3.32. The molecule has 2 aromatic rings. The number of ether oxygens (including phenoxy) is 5. The average molecular weight is 629 g/mol. The molecule has 46 heavy (non-hydrogen) atoms. The first kappa shape index (κ1) is 30.9. The van der Waals surface area contributed by atoms with Crippen molar-refractivity contribution in [1.82, 2.24) is 0 Å². The first-order valence-electron chi connectivity index (χ1n) is 15.8. The number of phenols is 1. The van der Waals surface area contributed by atoms with Gasteiger partial charge >= 0.3 is 5.97 Å². The van der Waals surface area contributed by atoms with E-state index in [1.165, 1.54) is 19.2 Å². The number of Topliss-reactive ketones (excluding diaryl/α,β-unsaturated/α-hetero) is 1. The second-order valence-electron chi connectivity index (χ2n) is 13.7. The number of esters is 1. The fourth-order valence-electron chi connectivity index (χ4n) is 8.75. The van der Waals surface area contributed by atoms with Gasteiger partial charge in [-0.25, -0.2) is 0 Å². The number of fused-ring (bicyclic) bond motifs is 2. The lowest BCUT2D eigenvalue weighted by molar-refractivity contribution is -0.421. The smallest absolute Gasteiger partial charge is 0.310 e. The summed E-state index contributed by atoms with van der Waals surface area (Å²) >= 11 is 0. The van der Waals surface area contributed by atoms with E-state index in [1.54, 1.807) is 13.0 Å². The molecule has 0 radical (unpaired) electrons. The first-order chi connectivity index (χ1) is 21.9. The zero-order valence-electron chi connectivity index (χ0n) is 26.6. The van der Waals surface area contributed by atoms with Gasteiger partial charge in [-0.2, -0.15) is 0 Å². The third-order valence-electron chi connectivity index (χ3n) is 10.8. The summed E-state index contributed by atoms with van der Waals surface area (Å²) in [6.45, 7) is 9.97. The molecular weight excluding hydrogens is 588 g/mol. The third-order valence-corrected chi connectivity index (χ3v) is 10.8. The van der Waals surface area contributed by atoms with E-state index in [1.807, 2.05) is 49.4 Å². The largest absolute Gasteiger partial charge is 0.508 e. The van der Waals surface area contributed by atoms with Crippen LogP contribution in [0.4, 0.5) is 0 Å². The lowest BCUT2D eigenvalue weighted by Crippen LogP contribution is -2.70. The molecule has 9 heteroatoms. The number of ketones is 1. The van der Waals surface area contributed by atoms with E-state index in [4.69, 9.17) is 23.7 Å². The molecule has 9 nitrogen and oxygen atoms in total. The second-order valence-corrected chi connectivity index (χ2v) is 13.7. The summed E-state index contributed by atoms with van der Waals surface area (Å²) in [4.78, 5) is 26.9. The third kappa shape index (κ3) is 4.43. The van der Waals surface area contributed by atoms with Gasteiger partial charge in [0.25, 0.3) is 5.97 Å². The molecule has 0 spiro atoms. The molecule has 0 aromatic heterocycles. The Kier molecular flexibility index (Phi) is 7.14. The van der Waals surface area contributed by atoms with Crippen molar-refractivity contribution in [1.29, 1.82) is 0 Å². The van der Waals surface area contributed by atoms with E-state index in [-0.39, 0.29) is 36.9 Å². The van der Waals surface area contributed by atoms with Crippen LogP contribution in [0.25, 0.3) is 0 Å². The van der Waals surface area contributed by atoms with Gasteiger partial charge in [0.15, 0.2) is 5.78 Å². The molecule has 2 heterocycles. The normalized spacial score (nSPS) is 37.1. The summed E-state index contributed by atoms with van der Waals surface area (Å²) in [6.07, 6.45) is 4.08. The summed E-state index contributed by atoms with van der Waals surface area (Å²) in [7, 11) is 1.46. The monoisotopic (exact) mass is 628 g/mol. The standard InChI is InChI=1S/C37H40O9/c1-21(2)35-17-23(4)37-28(33(35)44-36(45-35,46-37)19-24-9-7-6-8-10-24)14-25(18-34(41)30(37)13-22(3)32(34)40)20-43-31(39)15-26-11-12-27(38)16-29(26)42-5/h6-14,16,23,28,30,33,38,41H,1,15,17-20H2,2-5H3. The minimum atomic E-state index is -1.81. The Labute approximate surface area is 268 Å². The quantitative estimate of drug-likeness (QED) is 0.315. The Morgan fingerprint density at radius 3 is 2.61 bits per heavy atom. The molecule has 2 saturated heterocycles. The van der Waals surface area contributed by atoms with E-state index >= 15 is 0 Å². The minimum Gasteiger partial charge on any atom is -0.508 e. The highest BCUT2D eigenvalue weighted by molar-refractivity contribution is 6.04. The van der Waals surface area contributed by atoms with Crippen LogP contribution in [0.15, 0.2) is 84.0 Å². The summed E-state index contributed by atoms with van der Waals surface area (Å²) in [5.74, 6) is -3.24. The Morgan fingerprint density at radius 2 is 1.89 bits per heavy atom. The SMILES string of the molecule is C=C(C)C12CC(C)C34OC(Cc5ccccc5)(OC1C3C=C(COC(=O)Cc1ccc(O)cc1OC)CC1(O)C(=O)C(C)=CC14)O2. The van der Waals surface area contributed by atoms with Crippen LogP contribution in [-0.4, -0.2) is 64.6 Å². The minimum absolute atomic E-state index is 0.0200. The Morgan fingerprint density at radius 1 is 1.13 bits per heavy atom. The van der Waals surface area contributed by atoms with Crippen molar-refractivity contribution in [3.05, 3.63) is 95.1 Å². The molecule has 5 aliphatic rings. The Balaban J connectivity index is 1.28. The summed E-state index contributed by atoms with van der Waals surface area (Å²) < 4.78 is 31.9. The van der Waals surface area contributed by atoms with Gasteiger partial charge in [-0.3, -0.25) is 9.59 Å². The van der Waals surface area contributed by atoms with E-state index in [0.717, 1.165) is 11.1 Å².